The highest BCUT2D eigenvalue weighted by molar-refractivity contribution is 7.88. The molecule has 0 fully saturated rings. The molecule has 1 aromatic carbocycles. The Bertz CT molecular complexity index is 1060. The maximum Gasteiger partial charge on any atom is 0.239 e. The van der Waals surface area contributed by atoms with Crippen molar-refractivity contribution in [2.45, 2.75) is 6.92 Å². The van der Waals surface area contributed by atoms with Gasteiger partial charge in [0.15, 0.2) is 0 Å². The van der Waals surface area contributed by atoms with Gasteiger partial charge in [-0.25, -0.2) is 13.4 Å². The molecule has 3 rings (SSSR count). The molecule has 1 amide bonds. The molecule has 0 atom stereocenters. The van der Waals surface area contributed by atoms with E-state index < -0.39 is 15.9 Å². The molecule has 0 spiro atoms. The Morgan fingerprint density at radius 1 is 1.23 bits per heavy atom. The molecule has 26 heavy (non-hydrogen) atoms. The zero-order valence-corrected chi connectivity index (χ0v) is 15.6. The van der Waals surface area contributed by atoms with E-state index in [1.54, 1.807) is 12.1 Å². The lowest BCUT2D eigenvalue weighted by Crippen LogP contribution is -2.34. The summed E-state index contributed by atoms with van der Waals surface area (Å²) in [7, 11) is -2.02. The Kier molecular flexibility index (Phi) is 4.80. The van der Waals surface area contributed by atoms with Crippen LogP contribution in [0.1, 0.15) is 5.56 Å². The predicted molar refractivity (Wildman–Crippen MR) is 101 cm³/mol. The minimum absolute atomic E-state index is 0.230. The molecule has 0 aliphatic carbocycles. The summed E-state index contributed by atoms with van der Waals surface area (Å²) in [4.78, 5) is 16.5. The summed E-state index contributed by atoms with van der Waals surface area (Å²) in [5.41, 5.74) is 4.39. The number of fused-ring (bicyclic) bond motifs is 1. The largest absolute Gasteiger partial charge is 0.325 e. The standard InChI is InChI=1S/C18H20N4O3S/c1-13-8-9-22-11-16(20-17(22)10-13)14-4-6-15(7-5-14)19-18(23)12-21(2)26(3,24)25/h4-11H,12H2,1-3H3,(H,19,23). The first-order valence-electron chi connectivity index (χ1n) is 7.99. The third-order valence-corrected chi connectivity index (χ3v) is 5.27. The smallest absolute Gasteiger partial charge is 0.239 e. The van der Waals surface area contributed by atoms with E-state index in [9.17, 15) is 13.2 Å². The Labute approximate surface area is 152 Å². The van der Waals surface area contributed by atoms with Crippen molar-refractivity contribution in [3.8, 4) is 11.3 Å². The number of likely N-dealkylation sites (N-methyl/N-ethyl adjacent to an activating group) is 1. The number of imidazole rings is 1. The number of aromatic nitrogens is 2. The van der Waals surface area contributed by atoms with Crippen LogP contribution in [0.4, 0.5) is 5.69 Å². The first-order chi connectivity index (χ1) is 12.2. The average molecular weight is 372 g/mol. The predicted octanol–water partition coefficient (Wildman–Crippen LogP) is 2.14. The average Bonchev–Trinajstić information content (AvgIpc) is 2.97. The fraction of sp³-hybridized carbons (Fsp3) is 0.222. The van der Waals surface area contributed by atoms with E-state index in [1.165, 1.54) is 7.05 Å². The van der Waals surface area contributed by atoms with Gasteiger partial charge in [0.05, 0.1) is 18.5 Å². The van der Waals surface area contributed by atoms with Crippen LogP contribution in [-0.2, 0) is 14.8 Å². The van der Waals surface area contributed by atoms with Gasteiger partial charge in [-0.3, -0.25) is 4.79 Å². The lowest BCUT2D eigenvalue weighted by Gasteiger charge is -2.13. The second-order valence-corrected chi connectivity index (χ2v) is 8.33. The summed E-state index contributed by atoms with van der Waals surface area (Å²) in [6, 6.07) is 11.3. The van der Waals surface area contributed by atoms with Crippen LogP contribution in [0, 0.1) is 6.92 Å². The molecule has 0 aliphatic rings. The molecular weight excluding hydrogens is 352 g/mol. The number of rotatable bonds is 5. The summed E-state index contributed by atoms with van der Waals surface area (Å²) in [6.45, 7) is 1.79. The number of nitrogens with one attached hydrogen (secondary N) is 1. The molecule has 0 aliphatic heterocycles. The van der Waals surface area contributed by atoms with Crippen LogP contribution in [0.25, 0.3) is 16.9 Å². The van der Waals surface area contributed by atoms with E-state index in [0.717, 1.165) is 33.0 Å². The second-order valence-electron chi connectivity index (χ2n) is 6.24. The summed E-state index contributed by atoms with van der Waals surface area (Å²) >= 11 is 0. The minimum Gasteiger partial charge on any atom is -0.325 e. The third-order valence-electron chi connectivity index (χ3n) is 4.01. The van der Waals surface area contributed by atoms with Gasteiger partial charge in [0.2, 0.25) is 15.9 Å². The molecule has 0 radical (unpaired) electrons. The summed E-state index contributed by atoms with van der Waals surface area (Å²) < 4.78 is 25.7. The Balaban J connectivity index is 1.72. The zero-order valence-electron chi connectivity index (χ0n) is 14.8. The quantitative estimate of drug-likeness (QED) is 0.744. The molecule has 7 nitrogen and oxygen atoms in total. The van der Waals surface area contributed by atoms with Gasteiger partial charge < -0.3 is 9.72 Å². The van der Waals surface area contributed by atoms with E-state index in [0.29, 0.717) is 5.69 Å². The van der Waals surface area contributed by atoms with Crippen molar-refractivity contribution in [1.82, 2.24) is 13.7 Å². The molecule has 0 saturated carbocycles. The van der Waals surface area contributed by atoms with Crippen molar-refractivity contribution in [2.75, 3.05) is 25.2 Å². The van der Waals surface area contributed by atoms with Gasteiger partial charge >= 0.3 is 0 Å². The van der Waals surface area contributed by atoms with Gasteiger partial charge in [0.1, 0.15) is 5.65 Å². The highest BCUT2D eigenvalue weighted by atomic mass is 32.2. The Morgan fingerprint density at radius 3 is 2.58 bits per heavy atom. The lowest BCUT2D eigenvalue weighted by atomic mass is 10.1. The van der Waals surface area contributed by atoms with Gasteiger partial charge in [0, 0.05) is 30.7 Å². The maximum absolute atomic E-state index is 11.9. The van der Waals surface area contributed by atoms with Crippen molar-refractivity contribution in [1.29, 1.82) is 0 Å². The highest BCUT2D eigenvalue weighted by Gasteiger charge is 2.15. The van der Waals surface area contributed by atoms with Crippen LogP contribution in [0.15, 0.2) is 48.8 Å². The van der Waals surface area contributed by atoms with Gasteiger partial charge in [-0.05, 0) is 36.8 Å². The Morgan fingerprint density at radius 2 is 1.92 bits per heavy atom. The van der Waals surface area contributed by atoms with Crippen molar-refractivity contribution < 1.29 is 13.2 Å². The molecule has 0 unspecified atom stereocenters. The monoisotopic (exact) mass is 372 g/mol. The first-order valence-corrected chi connectivity index (χ1v) is 9.84. The summed E-state index contributed by atoms with van der Waals surface area (Å²) in [5.74, 6) is -0.395. The van der Waals surface area contributed by atoms with Gasteiger partial charge in [-0.1, -0.05) is 12.1 Å². The number of aryl methyl sites for hydroxylation is 1. The van der Waals surface area contributed by atoms with Gasteiger partial charge in [-0.2, -0.15) is 4.31 Å². The molecule has 0 saturated heterocycles. The topological polar surface area (TPSA) is 83.8 Å². The van der Waals surface area contributed by atoms with Crippen molar-refractivity contribution >= 4 is 27.3 Å². The molecule has 1 N–H and O–H groups in total. The normalized spacial score (nSPS) is 11.8. The highest BCUT2D eigenvalue weighted by Crippen LogP contribution is 2.21. The van der Waals surface area contributed by atoms with Crippen LogP contribution in [0.3, 0.4) is 0 Å². The van der Waals surface area contributed by atoms with E-state index in [4.69, 9.17) is 0 Å². The maximum atomic E-state index is 11.9. The minimum atomic E-state index is -3.39. The number of sulfonamides is 1. The number of amides is 1. The molecular formula is C18H20N4O3S. The van der Waals surface area contributed by atoms with Crippen molar-refractivity contribution in [3.05, 3.63) is 54.4 Å². The van der Waals surface area contributed by atoms with Gasteiger partial charge in [0.25, 0.3) is 0 Å². The van der Waals surface area contributed by atoms with Crippen molar-refractivity contribution in [3.63, 3.8) is 0 Å². The van der Waals surface area contributed by atoms with E-state index in [-0.39, 0.29) is 6.54 Å². The number of benzene rings is 1. The van der Waals surface area contributed by atoms with E-state index in [2.05, 4.69) is 10.3 Å². The molecule has 0 bridgehead atoms. The number of carbonyl (C=O) groups is 1. The number of hydrogen-bond acceptors (Lipinski definition) is 4. The number of anilines is 1. The first kappa shape index (κ1) is 18.1. The Hall–Kier alpha value is -2.71. The number of hydrogen-bond donors (Lipinski definition) is 1. The molecule has 8 heteroatoms. The number of nitrogens with zero attached hydrogens (tertiary/aromatic N) is 3. The second kappa shape index (κ2) is 6.89. The summed E-state index contributed by atoms with van der Waals surface area (Å²) in [5, 5.41) is 2.69. The third kappa shape index (κ3) is 4.09. The van der Waals surface area contributed by atoms with Crippen LogP contribution in [0.2, 0.25) is 0 Å². The van der Waals surface area contributed by atoms with E-state index >= 15 is 0 Å². The fourth-order valence-corrected chi connectivity index (χ4v) is 2.82. The molecule has 2 heterocycles. The number of carbonyl (C=O) groups excluding carboxylic acids is 1. The van der Waals surface area contributed by atoms with Crippen LogP contribution < -0.4 is 5.32 Å². The fourth-order valence-electron chi connectivity index (χ4n) is 2.47. The van der Waals surface area contributed by atoms with Crippen LogP contribution in [-0.4, -0.2) is 47.9 Å². The lowest BCUT2D eigenvalue weighted by molar-refractivity contribution is -0.116. The number of pyridine rings is 1. The molecule has 2 aromatic heterocycles. The van der Waals surface area contributed by atoms with Crippen LogP contribution >= 0.6 is 0 Å². The zero-order chi connectivity index (χ0) is 18.9. The van der Waals surface area contributed by atoms with Crippen LogP contribution in [0.5, 0.6) is 0 Å². The van der Waals surface area contributed by atoms with Crippen molar-refractivity contribution in [2.24, 2.45) is 0 Å². The molecule has 136 valence electrons. The SMILES string of the molecule is Cc1ccn2cc(-c3ccc(NC(=O)CN(C)S(C)(=O)=O)cc3)nc2c1. The van der Waals surface area contributed by atoms with Gasteiger partial charge in [-0.15, -0.1) is 0 Å². The summed E-state index contributed by atoms with van der Waals surface area (Å²) in [6.07, 6.45) is 4.98. The van der Waals surface area contributed by atoms with E-state index in [1.807, 2.05) is 48.0 Å². The molecule has 3 aromatic rings.